The molecule has 0 amide bonds. The number of hydrogen-bond acceptors (Lipinski definition) is 8. The Hall–Kier alpha value is -3.71. The van der Waals surface area contributed by atoms with Crippen molar-refractivity contribution in [3.63, 3.8) is 0 Å². The number of rotatable bonds is 9. The molecule has 14 heteroatoms. The quantitative estimate of drug-likeness (QED) is 0.161. The predicted octanol–water partition coefficient (Wildman–Crippen LogP) is 4.54. The number of benzene rings is 1. The van der Waals surface area contributed by atoms with E-state index in [2.05, 4.69) is 36.3 Å². The van der Waals surface area contributed by atoms with E-state index in [4.69, 9.17) is 16.3 Å². The van der Waals surface area contributed by atoms with E-state index < -0.39 is 22.3 Å². The molecule has 0 N–H and O–H groups in total. The fraction of sp³-hybridized carbons (Fsp3) is 0.227. The summed E-state index contributed by atoms with van der Waals surface area (Å²) in [4.78, 5) is 27.6. The summed E-state index contributed by atoms with van der Waals surface area (Å²) in [5.74, 6) is -1.12. The second kappa shape index (κ2) is 9.74. The average molecular weight is 577 g/mol. The van der Waals surface area contributed by atoms with Crippen molar-refractivity contribution in [3.8, 4) is 11.4 Å². The highest BCUT2D eigenvalue weighted by molar-refractivity contribution is 9.10. The molecule has 3 aromatic heterocycles. The van der Waals surface area contributed by atoms with Gasteiger partial charge in [0.05, 0.1) is 16.4 Å². The number of ether oxygens (including phenoxy) is 1. The zero-order valence-electron chi connectivity index (χ0n) is 18.3. The number of halogens is 3. The van der Waals surface area contributed by atoms with Crippen molar-refractivity contribution in [3.05, 3.63) is 85.2 Å². The fourth-order valence-electron chi connectivity index (χ4n) is 3.57. The van der Waals surface area contributed by atoms with Crippen molar-refractivity contribution in [1.82, 2.24) is 29.8 Å². The summed E-state index contributed by atoms with van der Waals surface area (Å²) in [5, 5.41) is 23.6. The van der Waals surface area contributed by atoms with Gasteiger partial charge in [0.15, 0.2) is 17.0 Å². The molecule has 1 aliphatic carbocycles. The van der Waals surface area contributed by atoms with Crippen LogP contribution in [-0.4, -0.2) is 40.5 Å². The number of nitro groups is 1. The van der Waals surface area contributed by atoms with E-state index in [1.807, 2.05) is 0 Å². The zero-order chi connectivity index (χ0) is 25.4. The summed E-state index contributed by atoms with van der Waals surface area (Å²) in [6, 6.07) is 6.54. The van der Waals surface area contributed by atoms with Crippen LogP contribution in [0.5, 0.6) is 5.75 Å². The molecule has 1 aliphatic rings. The molecule has 1 fully saturated rings. The lowest BCUT2D eigenvalue weighted by Crippen LogP contribution is -2.13. The highest BCUT2D eigenvalue weighted by Gasteiger charge is 2.26. The van der Waals surface area contributed by atoms with Crippen LogP contribution in [0.3, 0.4) is 0 Å². The smallest absolute Gasteiger partial charge is 0.406 e. The lowest BCUT2D eigenvalue weighted by atomic mass is 10.1. The molecule has 0 saturated heterocycles. The molecule has 3 heterocycles. The Morgan fingerprint density at radius 3 is 2.86 bits per heavy atom. The van der Waals surface area contributed by atoms with Gasteiger partial charge in [-0.1, -0.05) is 16.8 Å². The predicted molar refractivity (Wildman–Crippen MR) is 128 cm³/mol. The maximum atomic E-state index is 14.2. The third kappa shape index (κ3) is 5.11. The van der Waals surface area contributed by atoms with Crippen LogP contribution in [0.25, 0.3) is 5.69 Å². The number of carbonyl (C=O) groups is 1. The standard InChI is InChI=1S/C22H16BrClFN7O4/c23-14-6-19(22(26-8-14)32(34)35)36-11-13-5-15(25)3-4-17(13)31-18(7-20(24)28-31)21(33)16-10-30(29-27-16)9-12-1-2-12/h3-8,10,12H,1-2,9,11H2. The summed E-state index contributed by atoms with van der Waals surface area (Å²) < 4.78 is 23.2. The Bertz CT molecular complexity index is 1490. The third-order valence-electron chi connectivity index (χ3n) is 5.45. The van der Waals surface area contributed by atoms with Crippen molar-refractivity contribution in [1.29, 1.82) is 0 Å². The topological polar surface area (TPSA) is 131 Å². The van der Waals surface area contributed by atoms with Crippen LogP contribution >= 0.6 is 27.5 Å². The molecular formula is C22H16BrClFN7O4. The van der Waals surface area contributed by atoms with Crippen molar-refractivity contribution in [2.24, 2.45) is 5.92 Å². The van der Waals surface area contributed by atoms with E-state index in [-0.39, 0.29) is 34.5 Å². The van der Waals surface area contributed by atoms with Gasteiger partial charge in [0.1, 0.15) is 18.1 Å². The van der Waals surface area contributed by atoms with Crippen LogP contribution in [0, 0.1) is 21.8 Å². The molecule has 184 valence electrons. The van der Waals surface area contributed by atoms with Gasteiger partial charge in [-0.2, -0.15) is 5.10 Å². The van der Waals surface area contributed by atoms with Gasteiger partial charge in [0, 0.05) is 24.2 Å². The van der Waals surface area contributed by atoms with Gasteiger partial charge >= 0.3 is 5.82 Å². The Morgan fingerprint density at radius 2 is 2.11 bits per heavy atom. The van der Waals surface area contributed by atoms with Crippen molar-refractivity contribution < 1.29 is 18.8 Å². The van der Waals surface area contributed by atoms with Gasteiger partial charge in [0.25, 0.3) is 0 Å². The van der Waals surface area contributed by atoms with Crippen molar-refractivity contribution in [2.75, 3.05) is 0 Å². The number of hydrogen-bond donors (Lipinski definition) is 0. The van der Waals surface area contributed by atoms with E-state index >= 15 is 0 Å². The number of pyridine rings is 1. The molecule has 5 rings (SSSR count). The SMILES string of the molecule is O=C(c1cn(CC2CC2)nn1)c1cc(Cl)nn1-c1ccc(F)cc1COc1cc(Br)cnc1[N+](=O)[O-]. The van der Waals surface area contributed by atoms with Gasteiger partial charge in [-0.05, 0) is 62.8 Å². The number of aromatic nitrogens is 6. The molecule has 0 atom stereocenters. The van der Waals surface area contributed by atoms with Crippen LogP contribution < -0.4 is 4.74 Å². The van der Waals surface area contributed by atoms with Crippen LogP contribution in [0.15, 0.2) is 47.2 Å². The summed E-state index contributed by atoms with van der Waals surface area (Å²) >= 11 is 9.34. The molecule has 0 spiro atoms. The molecule has 1 saturated carbocycles. The normalized spacial score (nSPS) is 13.1. The summed E-state index contributed by atoms with van der Waals surface area (Å²) in [6.07, 6.45) is 5.09. The monoisotopic (exact) mass is 575 g/mol. The first-order valence-corrected chi connectivity index (χ1v) is 11.9. The average Bonchev–Trinajstić information content (AvgIpc) is 3.38. The van der Waals surface area contributed by atoms with Crippen molar-refractivity contribution >= 4 is 39.1 Å². The second-order valence-electron chi connectivity index (χ2n) is 8.16. The fourth-order valence-corrected chi connectivity index (χ4v) is 4.06. The third-order valence-corrected chi connectivity index (χ3v) is 6.07. The zero-order valence-corrected chi connectivity index (χ0v) is 20.7. The van der Waals surface area contributed by atoms with E-state index in [1.54, 1.807) is 10.9 Å². The number of nitrogens with zero attached hydrogens (tertiary/aromatic N) is 7. The highest BCUT2D eigenvalue weighted by atomic mass is 79.9. The molecule has 4 aromatic rings. The van der Waals surface area contributed by atoms with Crippen LogP contribution in [0.2, 0.25) is 5.15 Å². The highest BCUT2D eigenvalue weighted by Crippen LogP contribution is 2.31. The lowest BCUT2D eigenvalue weighted by molar-refractivity contribution is -0.390. The molecule has 11 nitrogen and oxygen atoms in total. The van der Waals surface area contributed by atoms with Crippen LogP contribution in [0.4, 0.5) is 10.2 Å². The van der Waals surface area contributed by atoms with Gasteiger partial charge in [-0.3, -0.25) is 9.48 Å². The van der Waals surface area contributed by atoms with E-state index in [0.717, 1.165) is 12.8 Å². The first kappa shape index (κ1) is 24.0. The Labute approximate surface area is 216 Å². The molecule has 0 aliphatic heterocycles. The molecule has 0 radical (unpaired) electrons. The van der Waals surface area contributed by atoms with Crippen LogP contribution in [0.1, 0.15) is 34.6 Å². The molecule has 36 heavy (non-hydrogen) atoms. The Kier molecular flexibility index (Phi) is 6.49. The van der Waals surface area contributed by atoms with Crippen LogP contribution in [-0.2, 0) is 13.2 Å². The minimum atomic E-state index is -0.686. The van der Waals surface area contributed by atoms with E-state index in [9.17, 15) is 19.3 Å². The Morgan fingerprint density at radius 1 is 1.31 bits per heavy atom. The summed E-state index contributed by atoms with van der Waals surface area (Å²) in [6.45, 7) is 0.408. The van der Waals surface area contributed by atoms with Gasteiger partial charge in [-0.25, -0.2) is 9.07 Å². The van der Waals surface area contributed by atoms with E-state index in [0.29, 0.717) is 22.6 Å². The van der Waals surface area contributed by atoms with Gasteiger partial charge < -0.3 is 14.9 Å². The molecular weight excluding hydrogens is 561 g/mol. The minimum absolute atomic E-state index is 0.0340. The van der Waals surface area contributed by atoms with Gasteiger partial charge in [0.2, 0.25) is 11.5 Å². The number of carbonyl (C=O) groups excluding carboxylic acids is 1. The first-order valence-electron chi connectivity index (χ1n) is 10.7. The minimum Gasteiger partial charge on any atom is -0.481 e. The maximum absolute atomic E-state index is 14.2. The molecule has 1 aromatic carbocycles. The molecule has 0 unspecified atom stereocenters. The summed E-state index contributed by atoms with van der Waals surface area (Å²) in [5.41, 5.74) is 0.753. The lowest BCUT2D eigenvalue weighted by Gasteiger charge is -2.13. The summed E-state index contributed by atoms with van der Waals surface area (Å²) in [7, 11) is 0. The molecule has 0 bridgehead atoms. The van der Waals surface area contributed by atoms with E-state index in [1.165, 1.54) is 41.2 Å². The largest absolute Gasteiger partial charge is 0.481 e. The Balaban J connectivity index is 1.47. The van der Waals surface area contributed by atoms with Crippen molar-refractivity contribution in [2.45, 2.75) is 26.0 Å². The maximum Gasteiger partial charge on any atom is 0.406 e. The first-order chi connectivity index (χ1) is 17.3. The number of ketones is 1. The second-order valence-corrected chi connectivity index (χ2v) is 9.46. The van der Waals surface area contributed by atoms with Gasteiger partial charge in [-0.15, -0.1) is 5.10 Å².